The average Bonchev–Trinajstić information content (AvgIpc) is 2.58. The van der Waals surface area contributed by atoms with Gasteiger partial charge in [0.1, 0.15) is 11.9 Å². The van der Waals surface area contributed by atoms with E-state index < -0.39 is 0 Å². The van der Waals surface area contributed by atoms with Crippen molar-refractivity contribution >= 4 is 29.1 Å². The Bertz CT molecular complexity index is 691. The molecule has 0 radical (unpaired) electrons. The number of hydrogen-bond donors (Lipinski definition) is 1. The third-order valence-electron chi connectivity index (χ3n) is 3.40. The number of ether oxygens (including phenoxy) is 2. The fourth-order valence-electron chi connectivity index (χ4n) is 2.18. The van der Waals surface area contributed by atoms with E-state index in [1.807, 2.05) is 24.3 Å². The second-order valence-electron chi connectivity index (χ2n) is 4.81. The number of carbonyl (C=O) groups excluding carboxylic acids is 1. The average molecular weight is 354 g/mol. The molecule has 0 aliphatic carbocycles. The van der Waals surface area contributed by atoms with Crippen molar-refractivity contribution in [1.82, 2.24) is 5.32 Å². The van der Waals surface area contributed by atoms with E-state index in [9.17, 15) is 4.79 Å². The molecule has 1 N–H and O–H groups in total. The lowest BCUT2D eigenvalue weighted by Crippen LogP contribution is -2.29. The Morgan fingerprint density at radius 3 is 2.52 bits per heavy atom. The second kappa shape index (κ2) is 8.20. The van der Waals surface area contributed by atoms with Gasteiger partial charge in [0.25, 0.3) is 5.91 Å². The van der Waals surface area contributed by atoms with Crippen LogP contribution in [0.25, 0.3) is 0 Å². The standard InChI is InChI=1S/C17H17Cl2NO3/c1-22-15-6-4-3-5-12(15)16(23-2)10-20-17(21)11-7-8-13(18)14(19)9-11/h3-9,16H,10H2,1-2H3,(H,20,21). The van der Waals surface area contributed by atoms with Gasteiger partial charge in [0, 0.05) is 24.8 Å². The van der Waals surface area contributed by atoms with Crippen molar-refractivity contribution in [1.29, 1.82) is 0 Å². The number of halogens is 2. The SMILES string of the molecule is COc1ccccc1C(CNC(=O)c1ccc(Cl)c(Cl)c1)OC. The fraction of sp³-hybridized carbons (Fsp3) is 0.235. The Morgan fingerprint density at radius 1 is 1.13 bits per heavy atom. The van der Waals surface area contributed by atoms with E-state index in [0.29, 0.717) is 27.9 Å². The summed E-state index contributed by atoms with van der Waals surface area (Å²) >= 11 is 11.8. The molecule has 1 atom stereocenters. The Kier molecular flexibility index (Phi) is 6.28. The predicted octanol–water partition coefficient (Wildman–Crippen LogP) is 4.12. The van der Waals surface area contributed by atoms with Crippen molar-refractivity contribution in [3.05, 3.63) is 63.6 Å². The van der Waals surface area contributed by atoms with Crippen molar-refractivity contribution < 1.29 is 14.3 Å². The number of nitrogens with one attached hydrogen (secondary N) is 1. The summed E-state index contributed by atoms with van der Waals surface area (Å²) in [5.41, 5.74) is 1.31. The zero-order valence-corrected chi connectivity index (χ0v) is 14.3. The quantitative estimate of drug-likeness (QED) is 0.849. The summed E-state index contributed by atoms with van der Waals surface area (Å²) in [7, 11) is 3.18. The Hall–Kier alpha value is -1.75. The van der Waals surface area contributed by atoms with Crippen LogP contribution in [0, 0.1) is 0 Å². The largest absolute Gasteiger partial charge is 0.496 e. The van der Waals surface area contributed by atoms with Gasteiger partial charge in [0.15, 0.2) is 0 Å². The molecule has 1 unspecified atom stereocenters. The predicted molar refractivity (Wildman–Crippen MR) is 91.5 cm³/mol. The van der Waals surface area contributed by atoms with Crippen LogP contribution < -0.4 is 10.1 Å². The number of benzene rings is 2. The van der Waals surface area contributed by atoms with Crippen molar-refractivity contribution in [2.45, 2.75) is 6.10 Å². The number of methoxy groups -OCH3 is 2. The fourth-order valence-corrected chi connectivity index (χ4v) is 2.48. The minimum absolute atomic E-state index is 0.250. The van der Waals surface area contributed by atoms with Crippen LogP contribution in [0.1, 0.15) is 22.0 Å². The lowest BCUT2D eigenvalue weighted by atomic mass is 10.1. The smallest absolute Gasteiger partial charge is 0.251 e. The van der Waals surface area contributed by atoms with Crippen molar-refractivity contribution in [2.75, 3.05) is 20.8 Å². The number of amides is 1. The van der Waals surface area contributed by atoms with Gasteiger partial charge in [-0.05, 0) is 24.3 Å². The lowest BCUT2D eigenvalue weighted by Gasteiger charge is -2.19. The molecule has 0 aromatic heterocycles. The van der Waals surface area contributed by atoms with Crippen LogP contribution >= 0.6 is 23.2 Å². The summed E-state index contributed by atoms with van der Waals surface area (Å²) in [4.78, 5) is 12.2. The molecule has 0 aliphatic heterocycles. The van der Waals surface area contributed by atoms with Gasteiger partial charge >= 0.3 is 0 Å². The number of hydrogen-bond acceptors (Lipinski definition) is 3. The van der Waals surface area contributed by atoms with E-state index in [-0.39, 0.29) is 12.0 Å². The van der Waals surface area contributed by atoms with Gasteiger partial charge in [-0.2, -0.15) is 0 Å². The van der Waals surface area contributed by atoms with E-state index in [1.54, 1.807) is 26.4 Å². The highest BCUT2D eigenvalue weighted by Gasteiger charge is 2.17. The van der Waals surface area contributed by atoms with Crippen LogP contribution in [0.3, 0.4) is 0 Å². The van der Waals surface area contributed by atoms with Crippen LogP contribution in [-0.2, 0) is 4.74 Å². The van der Waals surface area contributed by atoms with Gasteiger partial charge in [-0.1, -0.05) is 41.4 Å². The summed E-state index contributed by atoms with van der Waals surface area (Å²) in [5.74, 6) is 0.462. The van der Waals surface area contributed by atoms with Gasteiger partial charge in [-0.15, -0.1) is 0 Å². The molecule has 0 aliphatic rings. The zero-order chi connectivity index (χ0) is 16.8. The highest BCUT2D eigenvalue weighted by atomic mass is 35.5. The maximum absolute atomic E-state index is 12.2. The number of rotatable bonds is 6. The molecule has 0 heterocycles. The molecule has 122 valence electrons. The van der Waals surface area contributed by atoms with E-state index >= 15 is 0 Å². The van der Waals surface area contributed by atoms with E-state index in [2.05, 4.69) is 5.32 Å². The number of carbonyl (C=O) groups is 1. The maximum atomic E-state index is 12.2. The van der Waals surface area contributed by atoms with Crippen LogP contribution in [-0.4, -0.2) is 26.7 Å². The molecule has 0 saturated heterocycles. The third kappa shape index (κ3) is 4.38. The van der Waals surface area contributed by atoms with Crippen molar-refractivity contribution in [3.8, 4) is 5.75 Å². The molecular weight excluding hydrogens is 337 g/mol. The highest BCUT2D eigenvalue weighted by Crippen LogP contribution is 2.27. The summed E-state index contributed by atoms with van der Waals surface area (Å²) in [6, 6.07) is 12.3. The number of para-hydroxylation sites is 1. The molecule has 1 amide bonds. The third-order valence-corrected chi connectivity index (χ3v) is 4.14. The van der Waals surface area contributed by atoms with Crippen molar-refractivity contribution in [2.24, 2.45) is 0 Å². The Labute approximate surface area is 145 Å². The van der Waals surface area contributed by atoms with Crippen LogP contribution in [0.5, 0.6) is 5.75 Å². The lowest BCUT2D eigenvalue weighted by molar-refractivity contribution is 0.0819. The van der Waals surface area contributed by atoms with Crippen LogP contribution in [0.15, 0.2) is 42.5 Å². The molecule has 6 heteroatoms. The molecule has 0 saturated carbocycles. The summed E-state index contributed by atoms with van der Waals surface area (Å²) in [6.45, 7) is 0.302. The minimum atomic E-state index is -0.321. The molecule has 23 heavy (non-hydrogen) atoms. The Balaban J connectivity index is 2.08. The first-order valence-electron chi connectivity index (χ1n) is 6.95. The molecule has 2 rings (SSSR count). The summed E-state index contributed by atoms with van der Waals surface area (Å²) in [5, 5.41) is 3.57. The molecule has 2 aromatic rings. The highest BCUT2D eigenvalue weighted by molar-refractivity contribution is 6.42. The first-order valence-corrected chi connectivity index (χ1v) is 7.71. The summed E-state index contributed by atoms with van der Waals surface area (Å²) < 4.78 is 10.8. The molecule has 0 fully saturated rings. The first-order chi connectivity index (χ1) is 11.1. The topological polar surface area (TPSA) is 47.6 Å². The zero-order valence-electron chi connectivity index (χ0n) is 12.8. The van der Waals surface area contributed by atoms with Gasteiger partial charge in [-0.25, -0.2) is 0 Å². The summed E-state index contributed by atoms with van der Waals surface area (Å²) in [6.07, 6.45) is -0.321. The normalized spacial score (nSPS) is 11.8. The molecular formula is C17H17Cl2NO3. The van der Waals surface area contributed by atoms with E-state index in [0.717, 1.165) is 5.56 Å². The van der Waals surface area contributed by atoms with Crippen LogP contribution in [0.2, 0.25) is 10.0 Å². The van der Waals surface area contributed by atoms with E-state index in [1.165, 1.54) is 6.07 Å². The van der Waals surface area contributed by atoms with E-state index in [4.69, 9.17) is 32.7 Å². The van der Waals surface area contributed by atoms with Gasteiger partial charge in [0.2, 0.25) is 0 Å². The monoisotopic (exact) mass is 353 g/mol. The maximum Gasteiger partial charge on any atom is 0.251 e. The Morgan fingerprint density at radius 2 is 1.87 bits per heavy atom. The second-order valence-corrected chi connectivity index (χ2v) is 5.62. The molecule has 4 nitrogen and oxygen atoms in total. The molecule has 0 spiro atoms. The first kappa shape index (κ1) is 17.6. The van der Waals surface area contributed by atoms with Gasteiger partial charge in [0.05, 0.1) is 17.2 Å². The minimum Gasteiger partial charge on any atom is -0.496 e. The van der Waals surface area contributed by atoms with Gasteiger partial charge in [-0.3, -0.25) is 4.79 Å². The van der Waals surface area contributed by atoms with Crippen molar-refractivity contribution in [3.63, 3.8) is 0 Å². The van der Waals surface area contributed by atoms with Gasteiger partial charge < -0.3 is 14.8 Å². The van der Waals surface area contributed by atoms with Crippen LogP contribution in [0.4, 0.5) is 0 Å². The molecule has 0 bridgehead atoms. The molecule has 2 aromatic carbocycles.